The van der Waals surface area contributed by atoms with Crippen molar-refractivity contribution in [2.24, 2.45) is 0 Å². The lowest BCUT2D eigenvalue weighted by Crippen LogP contribution is -2.36. The third kappa shape index (κ3) is 3.37. The fourth-order valence-electron chi connectivity index (χ4n) is 3.09. The maximum Gasteiger partial charge on any atom is 0.261 e. The molecule has 0 saturated heterocycles. The van der Waals surface area contributed by atoms with Crippen molar-refractivity contribution < 1.29 is 4.79 Å². The maximum absolute atomic E-state index is 12.6. The molecule has 0 bridgehead atoms. The Hall–Kier alpha value is -1.95. The Morgan fingerprint density at radius 3 is 2.91 bits per heavy atom. The van der Waals surface area contributed by atoms with E-state index in [0.29, 0.717) is 12.6 Å². The minimum atomic E-state index is 0.0204. The van der Waals surface area contributed by atoms with Crippen LogP contribution in [0.2, 0.25) is 0 Å². The summed E-state index contributed by atoms with van der Waals surface area (Å²) in [5.41, 5.74) is 0.950. The summed E-state index contributed by atoms with van der Waals surface area (Å²) in [7, 11) is 0. The first-order valence-electron chi connectivity index (χ1n) is 8.10. The van der Waals surface area contributed by atoms with E-state index in [1.54, 1.807) is 6.08 Å². The fraction of sp³-hybridized carbons (Fsp3) is 0.471. The van der Waals surface area contributed by atoms with Gasteiger partial charge in [-0.3, -0.25) is 4.79 Å². The van der Waals surface area contributed by atoms with Crippen LogP contribution < -0.4 is 10.6 Å². The van der Waals surface area contributed by atoms with E-state index >= 15 is 0 Å². The lowest BCUT2D eigenvalue weighted by molar-refractivity contribution is 0.0931. The summed E-state index contributed by atoms with van der Waals surface area (Å²) in [4.78, 5) is 22.9. The molecule has 1 aliphatic rings. The molecule has 122 valence electrons. The predicted octanol–water partition coefficient (Wildman–Crippen LogP) is 3.66. The van der Waals surface area contributed by atoms with E-state index in [1.165, 1.54) is 36.9 Å². The van der Waals surface area contributed by atoms with Crippen molar-refractivity contribution in [2.75, 3.05) is 11.9 Å². The Labute approximate surface area is 140 Å². The number of aryl methyl sites for hydroxylation is 1. The number of hydrogen-bond acceptors (Lipinski definition) is 5. The highest BCUT2D eigenvalue weighted by molar-refractivity contribution is 7.20. The topological polar surface area (TPSA) is 66.9 Å². The number of carbonyl (C=O) groups is 1. The van der Waals surface area contributed by atoms with Gasteiger partial charge in [-0.1, -0.05) is 25.3 Å². The van der Waals surface area contributed by atoms with Crippen molar-refractivity contribution in [3.8, 4) is 0 Å². The van der Waals surface area contributed by atoms with Gasteiger partial charge in [0.05, 0.1) is 10.3 Å². The maximum atomic E-state index is 12.6. The van der Waals surface area contributed by atoms with Crippen LogP contribution in [0, 0.1) is 6.92 Å². The van der Waals surface area contributed by atoms with Gasteiger partial charge in [-0.15, -0.1) is 17.9 Å². The van der Waals surface area contributed by atoms with Gasteiger partial charge in [0.15, 0.2) is 0 Å². The van der Waals surface area contributed by atoms with Gasteiger partial charge >= 0.3 is 0 Å². The molecular formula is C17H22N4OS. The molecule has 2 aromatic rings. The van der Waals surface area contributed by atoms with E-state index in [2.05, 4.69) is 27.2 Å². The first kappa shape index (κ1) is 15.9. The summed E-state index contributed by atoms with van der Waals surface area (Å²) < 4.78 is 0. The van der Waals surface area contributed by atoms with Crippen LogP contribution >= 0.6 is 11.3 Å². The van der Waals surface area contributed by atoms with Crippen LogP contribution in [0.3, 0.4) is 0 Å². The first-order chi connectivity index (χ1) is 11.2. The molecule has 1 amide bonds. The molecule has 1 fully saturated rings. The van der Waals surface area contributed by atoms with Gasteiger partial charge in [0.25, 0.3) is 5.91 Å². The number of anilines is 1. The highest BCUT2D eigenvalue weighted by atomic mass is 32.1. The molecule has 0 spiro atoms. The number of amides is 1. The molecule has 1 saturated carbocycles. The highest BCUT2D eigenvalue weighted by Gasteiger charge is 2.22. The molecule has 0 radical (unpaired) electrons. The SMILES string of the molecule is C=CCNc1ncnc2sc(C(=O)NC3CCCCC3)c(C)c12. The average molecular weight is 330 g/mol. The van der Waals surface area contributed by atoms with Gasteiger partial charge in [-0.05, 0) is 25.3 Å². The standard InChI is InChI=1S/C17H22N4OS/c1-3-9-18-15-13-11(2)14(23-17(13)20-10-19-15)16(22)21-12-7-5-4-6-8-12/h3,10,12H,1,4-9H2,2H3,(H,21,22)(H,18,19,20). The van der Waals surface area contributed by atoms with E-state index in [0.717, 1.165) is 39.3 Å². The molecular weight excluding hydrogens is 308 g/mol. The fourth-order valence-corrected chi connectivity index (χ4v) is 4.14. The molecule has 0 atom stereocenters. The Morgan fingerprint density at radius 1 is 1.39 bits per heavy atom. The summed E-state index contributed by atoms with van der Waals surface area (Å²) in [5, 5.41) is 7.34. The smallest absolute Gasteiger partial charge is 0.261 e. The van der Waals surface area contributed by atoms with Crippen LogP contribution in [0.5, 0.6) is 0 Å². The molecule has 2 heterocycles. The number of carbonyl (C=O) groups excluding carboxylic acids is 1. The molecule has 5 nitrogen and oxygen atoms in total. The quantitative estimate of drug-likeness (QED) is 0.821. The number of fused-ring (bicyclic) bond motifs is 1. The number of rotatable bonds is 5. The number of nitrogens with one attached hydrogen (secondary N) is 2. The van der Waals surface area contributed by atoms with Gasteiger partial charge in [0, 0.05) is 12.6 Å². The second kappa shape index (κ2) is 7.08. The molecule has 1 aliphatic carbocycles. The summed E-state index contributed by atoms with van der Waals surface area (Å²) >= 11 is 1.44. The van der Waals surface area contributed by atoms with E-state index in [4.69, 9.17) is 0 Å². The molecule has 0 aliphatic heterocycles. The zero-order valence-electron chi connectivity index (χ0n) is 13.4. The molecule has 6 heteroatoms. The molecule has 0 aromatic carbocycles. The Bertz CT molecular complexity index is 719. The van der Waals surface area contributed by atoms with Gasteiger partial charge < -0.3 is 10.6 Å². The Morgan fingerprint density at radius 2 is 2.17 bits per heavy atom. The van der Waals surface area contributed by atoms with E-state index < -0.39 is 0 Å². The summed E-state index contributed by atoms with van der Waals surface area (Å²) in [6.07, 6.45) is 9.18. The van der Waals surface area contributed by atoms with Crippen molar-refractivity contribution in [1.29, 1.82) is 0 Å². The zero-order valence-corrected chi connectivity index (χ0v) is 14.2. The third-order valence-electron chi connectivity index (χ3n) is 4.29. The molecule has 2 N–H and O–H groups in total. The predicted molar refractivity (Wildman–Crippen MR) is 95.2 cm³/mol. The van der Waals surface area contributed by atoms with Crippen molar-refractivity contribution in [3.63, 3.8) is 0 Å². The van der Waals surface area contributed by atoms with Gasteiger partial charge in [0.1, 0.15) is 17.0 Å². The first-order valence-corrected chi connectivity index (χ1v) is 8.92. The van der Waals surface area contributed by atoms with Crippen molar-refractivity contribution in [3.05, 3.63) is 29.4 Å². The zero-order chi connectivity index (χ0) is 16.2. The van der Waals surface area contributed by atoms with Crippen LogP contribution in [0.4, 0.5) is 5.82 Å². The van der Waals surface area contributed by atoms with Crippen LogP contribution in [-0.2, 0) is 0 Å². The number of nitrogens with zero attached hydrogens (tertiary/aromatic N) is 2. The second-order valence-electron chi connectivity index (χ2n) is 5.94. The van der Waals surface area contributed by atoms with Crippen molar-refractivity contribution in [1.82, 2.24) is 15.3 Å². The van der Waals surface area contributed by atoms with Crippen LogP contribution in [0.25, 0.3) is 10.2 Å². The van der Waals surface area contributed by atoms with Crippen LogP contribution in [0.1, 0.15) is 47.3 Å². The molecule has 23 heavy (non-hydrogen) atoms. The van der Waals surface area contributed by atoms with Crippen molar-refractivity contribution in [2.45, 2.75) is 45.1 Å². The Kier molecular flexibility index (Phi) is 4.91. The molecule has 3 rings (SSSR count). The lowest BCUT2D eigenvalue weighted by atomic mass is 9.95. The van der Waals surface area contributed by atoms with Crippen LogP contribution in [-0.4, -0.2) is 28.5 Å². The van der Waals surface area contributed by atoms with Crippen molar-refractivity contribution >= 4 is 33.3 Å². The van der Waals surface area contributed by atoms with Gasteiger partial charge in [-0.2, -0.15) is 0 Å². The largest absolute Gasteiger partial charge is 0.366 e. The highest BCUT2D eigenvalue weighted by Crippen LogP contribution is 2.33. The molecule has 0 unspecified atom stereocenters. The van der Waals surface area contributed by atoms with Crippen LogP contribution in [0.15, 0.2) is 19.0 Å². The number of aromatic nitrogens is 2. The van der Waals surface area contributed by atoms with Gasteiger partial charge in [0.2, 0.25) is 0 Å². The lowest BCUT2D eigenvalue weighted by Gasteiger charge is -2.22. The summed E-state index contributed by atoms with van der Waals surface area (Å²) in [5.74, 6) is 0.785. The number of hydrogen-bond donors (Lipinski definition) is 2. The number of thiophene rings is 1. The monoisotopic (exact) mass is 330 g/mol. The third-order valence-corrected chi connectivity index (χ3v) is 5.49. The van der Waals surface area contributed by atoms with E-state index in [9.17, 15) is 4.79 Å². The summed E-state index contributed by atoms with van der Waals surface area (Å²) in [6.45, 7) is 6.31. The minimum absolute atomic E-state index is 0.0204. The van der Waals surface area contributed by atoms with Gasteiger partial charge in [-0.25, -0.2) is 9.97 Å². The Balaban J connectivity index is 1.87. The molecule has 2 aromatic heterocycles. The second-order valence-corrected chi connectivity index (χ2v) is 6.94. The van der Waals surface area contributed by atoms with E-state index in [1.807, 2.05) is 6.92 Å². The average Bonchev–Trinajstić information content (AvgIpc) is 2.91. The van der Waals surface area contributed by atoms with E-state index in [-0.39, 0.29) is 5.91 Å². The summed E-state index contributed by atoms with van der Waals surface area (Å²) in [6, 6.07) is 0.310. The normalized spacial score (nSPS) is 15.5. The minimum Gasteiger partial charge on any atom is -0.366 e.